The first-order valence-electron chi connectivity index (χ1n) is 8.79. The molecule has 2 aromatic carbocycles. The molecule has 0 saturated heterocycles. The first kappa shape index (κ1) is 20.0. The molecule has 5 heteroatoms. The predicted molar refractivity (Wildman–Crippen MR) is 109 cm³/mol. The summed E-state index contributed by atoms with van der Waals surface area (Å²) in [5, 5.41) is 14.0. The van der Waals surface area contributed by atoms with Crippen molar-refractivity contribution in [3.8, 4) is 0 Å². The Kier molecular flexibility index (Phi) is 7.73. The average molecular weight is 372 g/mol. The summed E-state index contributed by atoms with van der Waals surface area (Å²) in [7, 11) is 0. The molecule has 0 aliphatic carbocycles. The summed E-state index contributed by atoms with van der Waals surface area (Å²) in [4.78, 5) is 23.0. The fourth-order valence-electron chi connectivity index (χ4n) is 2.91. The van der Waals surface area contributed by atoms with Gasteiger partial charge < -0.3 is 10.4 Å². The van der Waals surface area contributed by atoms with Crippen molar-refractivity contribution in [2.24, 2.45) is 0 Å². The summed E-state index contributed by atoms with van der Waals surface area (Å²) in [6.45, 7) is 4.14. The van der Waals surface area contributed by atoms with Crippen LogP contribution in [0.1, 0.15) is 37.8 Å². The number of hydrogen-bond donors (Lipinski definition) is 2. The van der Waals surface area contributed by atoms with Crippen LogP contribution in [0.2, 0.25) is 0 Å². The Bertz CT molecular complexity index is 814. The van der Waals surface area contributed by atoms with Crippen molar-refractivity contribution in [3.63, 3.8) is 0 Å². The average Bonchev–Trinajstić information content (AvgIpc) is 2.59. The maximum Gasteiger partial charge on any atom is 0.303 e. The Morgan fingerprint density at radius 3 is 2.73 bits per heavy atom. The Morgan fingerprint density at radius 1 is 1.23 bits per heavy atom. The van der Waals surface area contributed by atoms with Crippen molar-refractivity contribution >= 4 is 40.5 Å². The van der Waals surface area contributed by atoms with Gasteiger partial charge in [0, 0.05) is 24.8 Å². The fraction of sp³-hybridized carbons (Fsp3) is 0.333. The summed E-state index contributed by atoms with van der Waals surface area (Å²) < 4.78 is 0. The number of benzene rings is 2. The van der Waals surface area contributed by atoms with Gasteiger partial charge in [0.1, 0.15) is 0 Å². The van der Waals surface area contributed by atoms with Crippen molar-refractivity contribution in [3.05, 3.63) is 47.5 Å². The molecule has 0 heterocycles. The molecule has 0 radical (unpaired) electrons. The van der Waals surface area contributed by atoms with Gasteiger partial charge in [-0.2, -0.15) is 0 Å². The summed E-state index contributed by atoms with van der Waals surface area (Å²) in [5.41, 5.74) is 2.38. The Morgan fingerprint density at radius 2 is 2.04 bits per heavy atom. The number of carboxylic acid groups (broad SMARTS) is 1. The molecule has 0 spiro atoms. The summed E-state index contributed by atoms with van der Waals surface area (Å²) in [6, 6.07) is 10.5. The number of allylic oxidation sites excluding steroid dienone is 1. The van der Waals surface area contributed by atoms with Crippen molar-refractivity contribution in [1.29, 1.82) is 0 Å². The molecule has 0 aliphatic heterocycles. The summed E-state index contributed by atoms with van der Waals surface area (Å²) in [6.07, 6.45) is 5.76. The van der Waals surface area contributed by atoms with E-state index in [0.717, 1.165) is 17.1 Å². The number of carboxylic acids is 1. The van der Waals surface area contributed by atoms with Crippen molar-refractivity contribution in [1.82, 2.24) is 5.32 Å². The van der Waals surface area contributed by atoms with E-state index >= 15 is 0 Å². The van der Waals surface area contributed by atoms with Crippen LogP contribution in [-0.2, 0) is 16.0 Å². The normalized spacial score (nSPS) is 11.2. The van der Waals surface area contributed by atoms with Crippen LogP contribution in [0, 0.1) is 0 Å². The van der Waals surface area contributed by atoms with Crippen LogP contribution in [0.25, 0.3) is 16.8 Å². The third kappa shape index (κ3) is 5.63. The molecule has 2 aromatic rings. The number of carbonyl (C=O) groups is 2. The van der Waals surface area contributed by atoms with Crippen LogP contribution in [0.4, 0.5) is 0 Å². The number of aliphatic carboxylic acids is 1. The zero-order valence-corrected chi connectivity index (χ0v) is 16.1. The highest BCUT2D eigenvalue weighted by Gasteiger charge is 2.10. The van der Waals surface area contributed by atoms with E-state index in [9.17, 15) is 9.59 Å². The van der Waals surface area contributed by atoms with Crippen LogP contribution in [0.15, 0.2) is 41.3 Å². The first-order chi connectivity index (χ1) is 12.5. The third-order valence-corrected chi connectivity index (χ3v) is 5.19. The molecule has 26 heavy (non-hydrogen) atoms. The standard InChI is InChI=1S/C21H25NO3S/c1-3-6-18-19(26-14-5-9-20(24)25)11-10-16-7-4-8-17(21(16)18)12-13-22-15(2)23/h3-4,6-8,10-11H,5,9,12-14H2,1-2H3,(H,22,23)(H,24,25). The van der Waals surface area contributed by atoms with Gasteiger partial charge in [-0.15, -0.1) is 11.8 Å². The van der Waals surface area contributed by atoms with Crippen molar-refractivity contribution < 1.29 is 14.7 Å². The molecule has 2 N–H and O–H groups in total. The second-order valence-electron chi connectivity index (χ2n) is 6.07. The number of nitrogens with one attached hydrogen (secondary N) is 1. The topological polar surface area (TPSA) is 66.4 Å². The van der Waals surface area contributed by atoms with Crippen LogP contribution in [-0.4, -0.2) is 29.3 Å². The third-order valence-electron chi connectivity index (χ3n) is 4.03. The smallest absolute Gasteiger partial charge is 0.303 e. The molecule has 1 amide bonds. The molecule has 4 nitrogen and oxygen atoms in total. The summed E-state index contributed by atoms with van der Waals surface area (Å²) >= 11 is 1.70. The first-order valence-corrected chi connectivity index (χ1v) is 9.77. The Hall–Kier alpha value is -2.27. The van der Waals surface area contributed by atoms with Gasteiger partial charge in [0.05, 0.1) is 0 Å². The van der Waals surface area contributed by atoms with Crippen LogP contribution >= 0.6 is 11.8 Å². The lowest BCUT2D eigenvalue weighted by atomic mass is 9.97. The van der Waals surface area contributed by atoms with Gasteiger partial charge in [0.2, 0.25) is 5.91 Å². The maximum absolute atomic E-state index is 11.1. The quantitative estimate of drug-likeness (QED) is 0.503. The Balaban J connectivity index is 2.33. The minimum Gasteiger partial charge on any atom is -0.481 e. The monoisotopic (exact) mass is 371 g/mol. The van der Waals surface area contributed by atoms with Gasteiger partial charge in [-0.3, -0.25) is 9.59 Å². The van der Waals surface area contributed by atoms with E-state index in [1.54, 1.807) is 11.8 Å². The molecule has 0 aromatic heterocycles. The molecular formula is C21H25NO3S. The number of fused-ring (bicyclic) bond motifs is 1. The molecular weight excluding hydrogens is 346 g/mol. The minimum atomic E-state index is -0.752. The molecule has 0 unspecified atom stereocenters. The predicted octanol–water partition coefficient (Wildman–Crippen LogP) is 4.51. The minimum absolute atomic E-state index is 0.0198. The van der Waals surface area contributed by atoms with Gasteiger partial charge in [-0.1, -0.05) is 36.4 Å². The SMILES string of the molecule is CC=Cc1c(SCCCC(=O)O)ccc2cccc(CCNC(C)=O)c12. The summed E-state index contributed by atoms with van der Waals surface area (Å²) in [5.74, 6) is 0.00259. The number of hydrogen-bond acceptors (Lipinski definition) is 3. The molecule has 2 rings (SSSR count). The molecule has 0 atom stereocenters. The number of amides is 1. The van der Waals surface area contributed by atoms with Gasteiger partial charge >= 0.3 is 5.97 Å². The van der Waals surface area contributed by atoms with Gasteiger partial charge in [-0.25, -0.2) is 0 Å². The van der Waals surface area contributed by atoms with E-state index in [1.807, 2.05) is 19.1 Å². The van der Waals surface area contributed by atoms with E-state index in [0.29, 0.717) is 13.0 Å². The lowest BCUT2D eigenvalue weighted by Gasteiger charge is -2.14. The van der Waals surface area contributed by atoms with Gasteiger partial charge in [0.25, 0.3) is 0 Å². The van der Waals surface area contributed by atoms with E-state index in [4.69, 9.17) is 5.11 Å². The lowest BCUT2D eigenvalue weighted by Crippen LogP contribution is -2.22. The maximum atomic E-state index is 11.1. The number of thioether (sulfide) groups is 1. The lowest BCUT2D eigenvalue weighted by molar-refractivity contribution is -0.137. The molecule has 0 bridgehead atoms. The van der Waals surface area contributed by atoms with Gasteiger partial charge in [0.15, 0.2) is 0 Å². The fourth-order valence-corrected chi connectivity index (χ4v) is 3.91. The van der Waals surface area contributed by atoms with Crippen LogP contribution < -0.4 is 5.32 Å². The zero-order valence-electron chi connectivity index (χ0n) is 15.2. The number of carbonyl (C=O) groups excluding carboxylic acids is 1. The number of rotatable bonds is 9. The molecule has 0 fully saturated rings. The zero-order chi connectivity index (χ0) is 18.9. The van der Waals surface area contributed by atoms with Crippen molar-refractivity contribution in [2.45, 2.75) is 38.0 Å². The molecule has 138 valence electrons. The van der Waals surface area contributed by atoms with Crippen LogP contribution in [0.5, 0.6) is 0 Å². The highest BCUT2D eigenvalue weighted by Crippen LogP contribution is 2.33. The molecule has 0 aliphatic rings. The Labute approximate surface area is 158 Å². The largest absolute Gasteiger partial charge is 0.481 e. The van der Waals surface area contributed by atoms with E-state index in [1.165, 1.54) is 28.8 Å². The van der Waals surface area contributed by atoms with Gasteiger partial charge in [-0.05, 0) is 53.5 Å². The van der Waals surface area contributed by atoms with Crippen LogP contribution in [0.3, 0.4) is 0 Å². The second kappa shape index (κ2) is 10.0. The highest BCUT2D eigenvalue weighted by atomic mass is 32.2. The molecule has 0 saturated carbocycles. The second-order valence-corrected chi connectivity index (χ2v) is 7.21. The highest BCUT2D eigenvalue weighted by molar-refractivity contribution is 7.99. The van der Waals surface area contributed by atoms with E-state index in [-0.39, 0.29) is 12.3 Å². The van der Waals surface area contributed by atoms with E-state index < -0.39 is 5.97 Å². The van der Waals surface area contributed by atoms with E-state index in [2.05, 4.69) is 35.7 Å². The van der Waals surface area contributed by atoms with Crippen molar-refractivity contribution in [2.75, 3.05) is 12.3 Å².